The molecule has 0 spiro atoms. The van der Waals surface area contributed by atoms with Gasteiger partial charge < -0.3 is 19.3 Å². The van der Waals surface area contributed by atoms with E-state index in [-0.39, 0.29) is 12.4 Å². The van der Waals surface area contributed by atoms with Gasteiger partial charge in [-0.05, 0) is 12.5 Å². The van der Waals surface area contributed by atoms with E-state index in [1.807, 2.05) is 6.92 Å². The summed E-state index contributed by atoms with van der Waals surface area (Å²) in [5, 5.41) is 11.5. The molecule has 29 heavy (non-hydrogen) atoms. The normalized spacial score (nSPS) is 22.9. The first-order valence-corrected chi connectivity index (χ1v) is 9.05. The van der Waals surface area contributed by atoms with E-state index in [1.54, 1.807) is 0 Å². The van der Waals surface area contributed by atoms with Crippen LogP contribution in [0.25, 0.3) is 0 Å². The average molecular weight is 419 g/mol. The number of esters is 1. The molecule has 0 radical (unpaired) electrons. The fourth-order valence-electron chi connectivity index (χ4n) is 2.76. The lowest BCUT2D eigenvalue weighted by Gasteiger charge is -2.23. The quantitative estimate of drug-likeness (QED) is 0.478. The van der Waals surface area contributed by atoms with Crippen molar-refractivity contribution in [1.82, 2.24) is 9.55 Å². The van der Waals surface area contributed by atoms with E-state index in [4.69, 9.17) is 9.47 Å². The molecule has 2 rings (SSSR count). The number of carbonyl (C=O) groups is 2. The van der Waals surface area contributed by atoms with Crippen LogP contribution in [-0.4, -0.2) is 58.1 Å². The number of aliphatic hydroxyl groups is 1. The van der Waals surface area contributed by atoms with E-state index < -0.39 is 48.7 Å². The number of nitrogens with one attached hydrogen (secondary N) is 1. The van der Waals surface area contributed by atoms with Crippen LogP contribution >= 0.6 is 0 Å². The van der Waals surface area contributed by atoms with Crippen LogP contribution in [0.2, 0.25) is 0 Å². The highest BCUT2D eigenvalue weighted by molar-refractivity contribution is 5.83. The van der Waals surface area contributed by atoms with E-state index in [2.05, 4.69) is 15.0 Å². The minimum Gasteiger partial charge on any atom is -0.453 e. The van der Waals surface area contributed by atoms with Crippen molar-refractivity contribution >= 4 is 17.9 Å². The smallest absolute Gasteiger partial charge is 0.412 e. The van der Waals surface area contributed by atoms with Gasteiger partial charge in [0.05, 0.1) is 13.2 Å². The number of carbonyl (C=O) groups excluding carboxylic acids is 2. The molecule has 1 amide bonds. The largest absolute Gasteiger partial charge is 0.453 e. The predicted octanol–water partition coefficient (Wildman–Crippen LogP) is 1.44. The summed E-state index contributed by atoms with van der Waals surface area (Å²) < 4.78 is 44.3. The molecule has 2 N–H and O–H groups in total. The molecule has 3 atom stereocenters. The molecule has 1 fully saturated rings. The summed E-state index contributed by atoms with van der Waals surface area (Å²) in [4.78, 5) is 38.5. The minimum absolute atomic E-state index is 0.191. The lowest BCUT2D eigenvalue weighted by molar-refractivity contribution is -0.174. The second-order valence-corrected chi connectivity index (χ2v) is 6.38. The average Bonchev–Trinajstić information content (AvgIpc) is 2.89. The molecule has 1 aromatic rings. The monoisotopic (exact) mass is 419 g/mol. The molecule has 0 unspecified atom stereocenters. The number of nitrogens with zero attached hydrogens (tertiary/aromatic N) is 2. The highest BCUT2D eigenvalue weighted by atomic mass is 19.3. The van der Waals surface area contributed by atoms with Crippen molar-refractivity contribution in [2.24, 2.45) is 0 Å². The van der Waals surface area contributed by atoms with E-state index >= 15 is 0 Å². The first kappa shape index (κ1) is 22.7. The summed E-state index contributed by atoms with van der Waals surface area (Å²) >= 11 is 0. The maximum atomic E-state index is 14.7. The number of halogens is 2. The van der Waals surface area contributed by atoms with Gasteiger partial charge in [0.1, 0.15) is 11.9 Å². The van der Waals surface area contributed by atoms with Gasteiger partial charge in [0, 0.05) is 13.1 Å². The summed E-state index contributed by atoms with van der Waals surface area (Å²) in [5.41, 5.74) is -1.14. The molecule has 10 nitrogen and oxygen atoms in total. The Morgan fingerprint density at radius 1 is 1.41 bits per heavy atom. The molecule has 1 aliphatic heterocycles. The molecule has 2 heterocycles. The summed E-state index contributed by atoms with van der Waals surface area (Å²) in [6, 6.07) is 1.11. The summed E-state index contributed by atoms with van der Waals surface area (Å²) in [7, 11) is 0. The number of hydrogen-bond donors (Lipinski definition) is 2. The SMILES string of the molecule is CCCCCOC(=O)Nc1ccn([C@@H]2O[C@H](CO)[C@@H](OC(C)=O)C2(F)F)c(=O)n1. The third kappa shape index (κ3) is 5.48. The predicted molar refractivity (Wildman–Crippen MR) is 94.5 cm³/mol. The van der Waals surface area contributed by atoms with Crippen molar-refractivity contribution < 1.29 is 37.7 Å². The fourth-order valence-corrected chi connectivity index (χ4v) is 2.76. The van der Waals surface area contributed by atoms with Gasteiger partial charge in [-0.25, -0.2) is 9.59 Å². The van der Waals surface area contributed by atoms with Crippen molar-refractivity contribution in [3.05, 3.63) is 22.7 Å². The van der Waals surface area contributed by atoms with Gasteiger partial charge >= 0.3 is 23.7 Å². The molecule has 0 bridgehead atoms. The van der Waals surface area contributed by atoms with Gasteiger partial charge in [-0.15, -0.1) is 0 Å². The van der Waals surface area contributed by atoms with Gasteiger partial charge in [-0.3, -0.25) is 14.7 Å². The molecule has 1 aromatic heterocycles. The van der Waals surface area contributed by atoms with Gasteiger partial charge in [0.25, 0.3) is 0 Å². The Balaban J connectivity index is 2.12. The zero-order chi connectivity index (χ0) is 21.6. The first-order chi connectivity index (χ1) is 13.7. The van der Waals surface area contributed by atoms with Crippen molar-refractivity contribution in [3.63, 3.8) is 0 Å². The molecule has 162 valence electrons. The zero-order valence-corrected chi connectivity index (χ0v) is 16.0. The Hall–Kier alpha value is -2.60. The van der Waals surface area contributed by atoms with Crippen LogP contribution in [0.15, 0.2) is 17.1 Å². The van der Waals surface area contributed by atoms with E-state index in [9.17, 15) is 28.3 Å². The van der Waals surface area contributed by atoms with Gasteiger partial charge in [-0.2, -0.15) is 13.8 Å². The number of anilines is 1. The maximum absolute atomic E-state index is 14.7. The topological polar surface area (TPSA) is 129 Å². The molecule has 0 aromatic carbocycles. The zero-order valence-electron chi connectivity index (χ0n) is 16.0. The van der Waals surface area contributed by atoms with Crippen LogP contribution in [0.3, 0.4) is 0 Å². The van der Waals surface area contributed by atoms with E-state index in [1.165, 1.54) is 0 Å². The van der Waals surface area contributed by atoms with Crippen molar-refractivity contribution in [2.75, 3.05) is 18.5 Å². The highest BCUT2D eigenvalue weighted by Gasteiger charge is 2.62. The minimum atomic E-state index is -3.81. The second-order valence-electron chi connectivity index (χ2n) is 6.38. The maximum Gasteiger partial charge on any atom is 0.412 e. The summed E-state index contributed by atoms with van der Waals surface area (Å²) in [6.07, 6.45) is -3.11. The van der Waals surface area contributed by atoms with Crippen molar-refractivity contribution in [2.45, 2.75) is 57.5 Å². The van der Waals surface area contributed by atoms with E-state index in [0.717, 1.165) is 32.0 Å². The Morgan fingerprint density at radius 3 is 2.72 bits per heavy atom. The Kier molecular flexibility index (Phi) is 7.62. The number of ether oxygens (including phenoxy) is 3. The Morgan fingerprint density at radius 2 is 2.14 bits per heavy atom. The van der Waals surface area contributed by atoms with Crippen LogP contribution < -0.4 is 11.0 Å². The van der Waals surface area contributed by atoms with Crippen molar-refractivity contribution in [1.29, 1.82) is 0 Å². The van der Waals surface area contributed by atoms with Crippen LogP contribution in [0, 0.1) is 0 Å². The van der Waals surface area contributed by atoms with Crippen LogP contribution in [0.1, 0.15) is 39.3 Å². The highest BCUT2D eigenvalue weighted by Crippen LogP contribution is 2.43. The Labute approximate surface area is 164 Å². The lowest BCUT2D eigenvalue weighted by Crippen LogP contribution is -2.44. The summed E-state index contributed by atoms with van der Waals surface area (Å²) in [6.45, 7) is 2.27. The van der Waals surface area contributed by atoms with E-state index in [0.29, 0.717) is 11.0 Å². The molecule has 0 aliphatic carbocycles. The van der Waals surface area contributed by atoms with Crippen LogP contribution in [-0.2, 0) is 19.0 Å². The number of amides is 1. The molecule has 12 heteroatoms. The Bertz CT molecular complexity index is 787. The molecule has 1 saturated heterocycles. The number of unbranched alkanes of at least 4 members (excludes halogenated alkanes) is 2. The second kappa shape index (κ2) is 9.74. The van der Waals surface area contributed by atoms with Crippen LogP contribution in [0.5, 0.6) is 0 Å². The van der Waals surface area contributed by atoms with Gasteiger partial charge in [0.2, 0.25) is 6.23 Å². The molecular weight excluding hydrogens is 396 g/mol. The van der Waals surface area contributed by atoms with Crippen LogP contribution in [0.4, 0.5) is 19.4 Å². The molecular formula is C17H23F2N3O7. The number of aliphatic hydroxyl groups excluding tert-OH is 1. The van der Waals surface area contributed by atoms with Gasteiger partial charge in [0.15, 0.2) is 6.10 Å². The lowest BCUT2D eigenvalue weighted by atomic mass is 10.1. The number of rotatable bonds is 8. The van der Waals surface area contributed by atoms with Crippen molar-refractivity contribution in [3.8, 4) is 0 Å². The number of hydrogen-bond acceptors (Lipinski definition) is 8. The third-order valence-electron chi connectivity index (χ3n) is 4.12. The number of alkyl halides is 2. The molecule has 1 aliphatic rings. The first-order valence-electron chi connectivity index (χ1n) is 9.05. The van der Waals surface area contributed by atoms with Gasteiger partial charge in [-0.1, -0.05) is 19.8 Å². The third-order valence-corrected chi connectivity index (χ3v) is 4.12. The standard InChI is InChI=1S/C17H23F2N3O7/c1-3-4-5-8-27-16(26)21-12-6-7-22(15(25)20-12)14-17(18,19)13(28-10(2)24)11(9-23)29-14/h6-7,11,13-14,23H,3-5,8-9H2,1-2H3,(H,20,21,25,26)/t11-,13-,14-/m1/s1. The number of aromatic nitrogens is 2. The summed E-state index contributed by atoms with van der Waals surface area (Å²) in [5.74, 6) is -4.99. The molecule has 0 saturated carbocycles. The fraction of sp³-hybridized carbons (Fsp3) is 0.647.